The van der Waals surface area contributed by atoms with Crippen molar-refractivity contribution in [1.82, 2.24) is 0 Å². The predicted octanol–water partition coefficient (Wildman–Crippen LogP) is 3.53. The van der Waals surface area contributed by atoms with E-state index in [0.717, 1.165) is 0 Å². The molecule has 0 unspecified atom stereocenters. The summed E-state index contributed by atoms with van der Waals surface area (Å²) in [4.78, 5) is 0. The Morgan fingerprint density at radius 3 is 2.38 bits per heavy atom. The fourth-order valence-corrected chi connectivity index (χ4v) is 2.04. The van der Waals surface area contributed by atoms with E-state index in [2.05, 4.69) is 32.0 Å². The SMILES string of the molecule is C[C](C)c1ccc2c(c1)CCCC2. The Kier molecular flexibility index (Phi) is 2.39. The molecule has 0 aliphatic heterocycles. The van der Waals surface area contributed by atoms with E-state index in [-0.39, 0.29) is 0 Å². The number of fused-ring (bicyclic) bond motifs is 1. The van der Waals surface area contributed by atoms with Crippen molar-refractivity contribution < 1.29 is 0 Å². The third-order valence-corrected chi connectivity index (χ3v) is 2.93. The summed E-state index contributed by atoms with van der Waals surface area (Å²) < 4.78 is 0. The number of hydrogen-bond acceptors (Lipinski definition) is 0. The second kappa shape index (κ2) is 3.53. The molecule has 0 heteroatoms. The van der Waals surface area contributed by atoms with Crippen LogP contribution in [0.2, 0.25) is 0 Å². The summed E-state index contributed by atoms with van der Waals surface area (Å²) in [5, 5.41) is 0. The van der Waals surface area contributed by atoms with Crippen LogP contribution in [0.1, 0.15) is 43.4 Å². The van der Waals surface area contributed by atoms with Crippen LogP contribution in [-0.4, -0.2) is 0 Å². The molecule has 0 nitrogen and oxygen atoms in total. The van der Waals surface area contributed by atoms with Crippen LogP contribution in [0.3, 0.4) is 0 Å². The van der Waals surface area contributed by atoms with Crippen molar-refractivity contribution in [1.29, 1.82) is 0 Å². The van der Waals surface area contributed by atoms with Gasteiger partial charge in [-0.15, -0.1) is 0 Å². The number of benzene rings is 1. The molecule has 0 amide bonds. The fraction of sp³-hybridized carbons (Fsp3) is 0.462. The lowest BCUT2D eigenvalue weighted by Gasteiger charge is -2.17. The van der Waals surface area contributed by atoms with Crippen molar-refractivity contribution in [2.45, 2.75) is 39.5 Å². The number of hydrogen-bond donors (Lipinski definition) is 0. The third-order valence-electron chi connectivity index (χ3n) is 2.93. The fourth-order valence-electron chi connectivity index (χ4n) is 2.04. The van der Waals surface area contributed by atoms with Crippen LogP contribution in [0, 0.1) is 5.92 Å². The summed E-state index contributed by atoms with van der Waals surface area (Å²) in [6, 6.07) is 6.96. The molecular formula is C13H17. The summed E-state index contributed by atoms with van der Waals surface area (Å²) in [5.41, 5.74) is 4.59. The Balaban J connectivity index is 2.35. The molecule has 1 aromatic rings. The quantitative estimate of drug-likeness (QED) is 0.609. The maximum Gasteiger partial charge on any atom is -0.00119 e. The highest BCUT2D eigenvalue weighted by Crippen LogP contribution is 2.24. The molecule has 0 aromatic heterocycles. The van der Waals surface area contributed by atoms with Gasteiger partial charge in [-0.25, -0.2) is 0 Å². The number of aryl methyl sites for hydroxylation is 2. The van der Waals surface area contributed by atoms with Gasteiger partial charge in [-0.3, -0.25) is 0 Å². The van der Waals surface area contributed by atoms with Gasteiger partial charge < -0.3 is 0 Å². The smallest absolute Gasteiger partial charge is 0.00119 e. The largest absolute Gasteiger partial charge is 0.0585 e. The predicted molar refractivity (Wildman–Crippen MR) is 56.8 cm³/mol. The van der Waals surface area contributed by atoms with Gasteiger partial charge in [-0.05, 0) is 48.3 Å². The first-order chi connectivity index (χ1) is 6.27. The average molecular weight is 173 g/mol. The van der Waals surface area contributed by atoms with E-state index in [0.29, 0.717) is 0 Å². The van der Waals surface area contributed by atoms with Crippen LogP contribution < -0.4 is 0 Å². The van der Waals surface area contributed by atoms with Crippen LogP contribution in [-0.2, 0) is 12.8 Å². The Labute approximate surface area is 81.0 Å². The van der Waals surface area contributed by atoms with Gasteiger partial charge in [-0.2, -0.15) is 0 Å². The minimum absolute atomic E-state index is 1.29. The lowest BCUT2D eigenvalue weighted by atomic mass is 9.88. The molecule has 2 rings (SSSR count). The molecule has 0 spiro atoms. The molecule has 0 N–H and O–H groups in total. The van der Waals surface area contributed by atoms with E-state index >= 15 is 0 Å². The second-order valence-corrected chi connectivity index (χ2v) is 4.19. The van der Waals surface area contributed by atoms with Gasteiger partial charge in [0.25, 0.3) is 0 Å². The Bertz CT molecular complexity index is 297. The summed E-state index contributed by atoms with van der Waals surface area (Å²) >= 11 is 0. The summed E-state index contributed by atoms with van der Waals surface area (Å²) in [5.74, 6) is 1.42. The van der Waals surface area contributed by atoms with E-state index in [1.54, 1.807) is 11.1 Å². The number of rotatable bonds is 1. The molecule has 1 aliphatic rings. The van der Waals surface area contributed by atoms with E-state index in [4.69, 9.17) is 0 Å². The van der Waals surface area contributed by atoms with Crippen LogP contribution in [0.25, 0.3) is 0 Å². The minimum atomic E-state index is 1.29. The maximum absolute atomic E-state index is 2.38. The monoisotopic (exact) mass is 173 g/mol. The van der Waals surface area contributed by atoms with Gasteiger partial charge in [0.15, 0.2) is 0 Å². The van der Waals surface area contributed by atoms with Crippen molar-refractivity contribution in [2.24, 2.45) is 0 Å². The van der Waals surface area contributed by atoms with Gasteiger partial charge >= 0.3 is 0 Å². The topological polar surface area (TPSA) is 0 Å². The van der Waals surface area contributed by atoms with Gasteiger partial charge in [-0.1, -0.05) is 32.0 Å². The summed E-state index contributed by atoms with van der Waals surface area (Å²) in [6.45, 7) is 4.37. The van der Waals surface area contributed by atoms with Crippen LogP contribution in [0.5, 0.6) is 0 Å². The second-order valence-electron chi connectivity index (χ2n) is 4.19. The lowest BCUT2D eigenvalue weighted by Crippen LogP contribution is -2.03. The molecule has 0 atom stereocenters. The molecule has 13 heavy (non-hydrogen) atoms. The van der Waals surface area contributed by atoms with Gasteiger partial charge in [0.2, 0.25) is 0 Å². The van der Waals surface area contributed by atoms with Gasteiger partial charge in [0.1, 0.15) is 0 Å². The first-order valence-electron chi connectivity index (χ1n) is 5.20. The van der Waals surface area contributed by atoms with Crippen molar-refractivity contribution >= 4 is 0 Å². The van der Waals surface area contributed by atoms with E-state index in [1.165, 1.54) is 37.2 Å². The summed E-state index contributed by atoms with van der Waals surface area (Å²) in [6.07, 6.45) is 5.33. The molecule has 0 saturated carbocycles. The molecule has 1 radical (unpaired) electrons. The first kappa shape index (κ1) is 8.80. The first-order valence-corrected chi connectivity index (χ1v) is 5.20. The zero-order valence-corrected chi connectivity index (χ0v) is 8.56. The van der Waals surface area contributed by atoms with Crippen LogP contribution in [0.15, 0.2) is 18.2 Å². The Hall–Kier alpha value is -0.780. The van der Waals surface area contributed by atoms with Crippen LogP contribution >= 0.6 is 0 Å². The molecule has 0 fully saturated rings. The molecular weight excluding hydrogens is 156 g/mol. The zero-order chi connectivity index (χ0) is 9.26. The van der Waals surface area contributed by atoms with E-state index in [9.17, 15) is 0 Å². The van der Waals surface area contributed by atoms with Gasteiger partial charge in [0.05, 0.1) is 0 Å². The lowest BCUT2D eigenvalue weighted by molar-refractivity contribution is 0.684. The molecule has 1 aliphatic carbocycles. The van der Waals surface area contributed by atoms with Gasteiger partial charge in [0, 0.05) is 0 Å². The highest BCUT2D eigenvalue weighted by atomic mass is 14.1. The minimum Gasteiger partial charge on any atom is -0.0585 e. The normalized spacial score (nSPS) is 15.9. The molecule has 0 saturated heterocycles. The Morgan fingerprint density at radius 2 is 1.69 bits per heavy atom. The van der Waals surface area contributed by atoms with Crippen molar-refractivity contribution in [2.75, 3.05) is 0 Å². The van der Waals surface area contributed by atoms with Crippen LogP contribution in [0.4, 0.5) is 0 Å². The van der Waals surface area contributed by atoms with Crippen molar-refractivity contribution in [3.05, 3.63) is 40.8 Å². The maximum atomic E-state index is 2.38. The van der Waals surface area contributed by atoms with E-state index < -0.39 is 0 Å². The summed E-state index contributed by atoms with van der Waals surface area (Å²) in [7, 11) is 0. The zero-order valence-electron chi connectivity index (χ0n) is 8.56. The standard InChI is InChI=1S/C13H17/c1-10(2)12-8-7-11-5-3-4-6-13(11)9-12/h7-9H,3-6H2,1-2H3. The molecule has 0 heterocycles. The third kappa shape index (κ3) is 1.77. The Morgan fingerprint density at radius 1 is 1.00 bits per heavy atom. The van der Waals surface area contributed by atoms with Crippen molar-refractivity contribution in [3.63, 3.8) is 0 Å². The van der Waals surface area contributed by atoms with E-state index in [1.807, 2.05) is 0 Å². The highest BCUT2D eigenvalue weighted by molar-refractivity contribution is 5.38. The molecule has 1 aromatic carbocycles. The van der Waals surface area contributed by atoms with Crippen molar-refractivity contribution in [3.8, 4) is 0 Å². The molecule has 69 valence electrons. The average Bonchev–Trinajstić information content (AvgIpc) is 2.17. The highest BCUT2D eigenvalue weighted by Gasteiger charge is 2.10. The molecule has 0 bridgehead atoms.